The van der Waals surface area contributed by atoms with Crippen LogP contribution < -0.4 is 5.32 Å². The lowest BCUT2D eigenvalue weighted by Gasteiger charge is -2.11. The van der Waals surface area contributed by atoms with Gasteiger partial charge in [-0.2, -0.15) is 5.26 Å². The van der Waals surface area contributed by atoms with Crippen LogP contribution in [0.2, 0.25) is 0 Å². The Kier molecular flexibility index (Phi) is 6.08. The summed E-state index contributed by atoms with van der Waals surface area (Å²) < 4.78 is 0.822. The Labute approximate surface area is 190 Å². The summed E-state index contributed by atoms with van der Waals surface area (Å²) >= 11 is 3.12. The van der Waals surface area contributed by atoms with Crippen LogP contribution in [0.1, 0.15) is 11.1 Å². The molecule has 0 aliphatic carbocycles. The van der Waals surface area contributed by atoms with Gasteiger partial charge >= 0.3 is 0 Å². The van der Waals surface area contributed by atoms with Gasteiger partial charge in [0.15, 0.2) is 5.13 Å². The molecule has 2 heterocycles. The van der Waals surface area contributed by atoms with E-state index in [4.69, 9.17) is 5.26 Å². The number of rotatable bonds is 5. The molecule has 7 nitrogen and oxygen atoms in total. The Bertz CT molecular complexity index is 1280. The van der Waals surface area contributed by atoms with E-state index in [0.29, 0.717) is 10.6 Å². The second kappa shape index (κ2) is 8.93. The van der Waals surface area contributed by atoms with Crippen molar-refractivity contribution in [3.8, 4) is 5.40 Å². The predicted molar refractivity (Wildman–Crippen MR) is 124 cm³/mol. The van der Waals surface area contributed by atoms with Crippen LogP contribution in [-0.4, -0.2) is 33.5 Å². The number of aryl methyl sites for hydroxylation is 1. The molecule has 2 aromatic carbocycles. The number of nitrogens with one attached hydrogen (secondary N) is 1. The zero-order valence-electron chi connectivity index (χ0n) is 16.1. The van der Waals surface area contributed by atoms with E-state index in [1.165, 1.54) is 11.3 Å². The SMILES string of the molecule is Cc1ccc(/C=C2/SC(=O)N(CC(=O)Nc3nc4ccc(SC#N)cc4s3)C2=O)cc1. The van der Waals surface area contributed by atoms with Crippen LogP contribution in [-0.2, 0) is 9.59 Å². The Morgan fingerprint density at radius 1 is 1.26 bits per heavy atom. The number of nitriles is 1. The van der Waals surface area contributed by atoms with Crippen LogP contribution >= 0.6 is 34.9 Å². The van der Waals surface area contributed by atoms with Crippen molar-refractivity contribution >= 4 is 73.3 Å². The van der Waals surface area contributed by atoms with E-state index in [-0.39, 0.29) is 11.4 Å². The summed E-state index contributed by atoms with van der Waals surface area (Å²) in [7, 11) is 0. The molecule has 0 unspecified atom stereocenters. The molecule has 1 aliphatic rings. The molecule has 3 amide bonds. The first-order valence-electron chi connectivity index (χ1n) is 9.01. The van der Waals surface area contributed by atoms with Crippen molar-refractivity contribution in [2.24, 2.45) is 0 Å². The Morgan fingerprint density at radius 2 is 2.03 bits per heavy atom. The summed E-state index contributed by atoms with van der Waals surface area (Å²) in [5.41, 5.74) is 2.59. The lowest BCUT2D eigenvalue weighted by molar-refractivity contribution is -0.127. The zero-order chi connectivity index (χ0) is 22.0. The van der Waals surface area contributed by atoms with E-state index in [9.17, 15) is 14.4 Å². The molecule has 1 N–H and O–H groups in total. The number of thioether (sulfide) groups is 2. The molecule has 0 atom stereocenters. The Hall–Kier alpha value is -3.13. The molecule has 4 rings (SSSR count). The molecular weight excluding hydrogens is 452 g/mol. The number of nitrogens with zero attached hydrogens (tertiary/aromatic N) is 3. The monoisotopic (exact) mass is 466 g/mol. The summed E-state index contributed by atoms with van der Waals surface area (Å²) in [6, 6.07) is 12.9. The third-order valence-electron chi connectivity index (χ3n) is 4.32. The van der Waals surface area contributed by atoms with Gasteiger partial charge < -0.3 is 5.32 Å². The topological polar surface area (TPSA) is 103 Å². The molecule has 31 heavy (non-hydrogen) atoms. The van der Waals surface area contributed by atoms with Crippen molar-refractivity contribution in [2.75, 3.05) is 11.9 Å². The number of hydrogen-bond acceptors (Lipinski definition) is 8. The van der Waals surface area contributed by atoms with Crippen molar-refractivity contribution in [3.63, 3.8) is 0 Å². The smallest absolute Gasteiger partial charge is 0.294 e. The zero-order valence-corrected chi connectivity index (χ0v) is 18.6. The van der Waals surface area contributed by atoms with Crippen LogP contribution in [0.3, 0.4) is 0 Å². The molecule has 0 saturated carbocycles. The van der Waals surface area contributed by atoms with E-state index in [2.05, 4.69) is 10.3 Å². The molecule has 10 heteroatoms. The number of thiocyanates is 1. The average molecular weight is 467 g/mol. The summed E-state index contributed by atoms with van der Waals surface area (Å²) in [4.78, 5) is 43.7. The van der Waals surface area contributed by atoms with E-state index in [1.807, 2.05) is 42.7 Å². The number of fused-ring (bicyclic) bond motifs is 1. The second-order valence-electron chi connectivity index (χ2n) is 6.57. The number of thiazole rings is 1. The van der Waals surface area contributed by atoms with Gasteiger partial charge in [-0.3, -0.25) is 19.3 Å². The van der Waals surface area contributed by atoms with Gasteiger partial charge in [-0.15, -0.1) is 0 Å². The number of carbonyl (C=O) groups excluding carboxylic acids is 3. The van der Waals surface area contributed by atoms with Gasteiger partial charge in [0.25, 0.3) is 11.1 Å². The highest BCUT2D eigenvalue weighted by atomic mass is 32.2. The molecule has 1 fully saturated rings. The highest BCUT2D eigenvalue weighted by Crippen LogP contribution is 2.33. The molecule has 0 radical (unpaired) electrons. The molecule has 0 bridgehead atoms. The van der Waals surface area contributed by atoms with Gasteiger partial charge in [-0.05, 0) is 60.3 Å². The minimum atomic E-state index is -0.510. The number of hydrogen-bond donors (Lipinski definition) is 1. The normalized spacial score (nSPS) is 15.0. The van der Waals surface area contributed by atoms with E-state index in [1.54, 1.807) is 18.2 Å². The Morgan fingerprint density at radius 3 is 2.77 bits per heavy atom. The molecule has 0 spiro atoms. The maximum atomic E-state index is 12.6. The minimum Gasteiger partial charge on any atom is -0.300 e. The first-order chi connectivity index (χ1) is 14.9. The molecule has 1 saturated heterocycles. The number of anilines is 1. The summed E-state index contributed by atoms with van der Waals surface area (Å²) in [6.07, 6.45) is 1.65. The van der Waals surface area contributed by atoms with Gasteiger partial charge in [0, 0.05) is 4.90 Å². The van der Waals surface area contributed by atoms with Crippen LogP contribution in [0.15, 0.2) is 52.3 Å². The number of aromatic nitrogens is 1. The fourth-order valence-electron chi connectivity index (χ4n) is 2.83. The maximum Gasteiger partial charge on any atom is 0.294 e. The third-order valence-corrected chi connectivity index (χ3v) is 6.74. The molecule has 1 aromatic heterocycles. The first-order valence-corrected chi connectivity index (χ1v) is 11.5. The van der Waals surface area contributed by atoms with Gasteiger partial charge in [0.1, 0.15) is 11.9 Å². The van der Waals surface area contributed by atoms with Crippen molar-refractivity contribution < 1.29 is 14.4 Å². The molecule has 3 aromatic rings. The lowest BCUT2D eigenvalue weighted by atomic mass is 10.1. The first kappa shape index (κ1) is 21.1. The third kappa shape index (κ3) is 4.80. The van der Waals surface area contributed by atoms with E-state index in [0.717, 1.165) is 49.1 Å². The lowest BCUT2D eigenvalue weighted by Crippen LogP contribution is -2.36. The van der Waals surface area contributed by atoms with Gasteiger partial charge in [-0.25, -0.2) is 4.98 Å². The standard InChI is InChI=1S/C21H14N4O3S3/c1-12-2-4-13(5-3-12)8-17-19(27)25(21(28)31-17)10-18(26)24-20-23-15-7-6-14(29-11-22)9-16(15)30-20/h2-9H,10H2,1H3,(H,23,24,26)/b17-8+. The quantitative estimate of drug-likeness (QED) is 0.326. The van der Waals surface area contributed by atoms with Crippen LogP contribution in [0.4, 0.5) is 9.93 Å². The number of amides is 3. The fraction of sp³-hybridized carbons (Fsp3) is 0.0952. The van der Waals surface area contributed by atoms with Crippen LogP contribution in [0, 0.1) is 17.6 Å². The summed E-state index contributed by atoms with van der Waals surface area (Å²) in [5, 5.41) is 13.3. The van der Waals surface area contributed by atoms with E-state index < -0.39 is 17.1 Å². The van der Waals surface area contributed by atoms with Crippen molar-refractivity contribution in [1.29, 1.82) is 5.26 Å². The highest BCUT2D eigenvalue weighted by Gasteiger charge is 2.36. The highest BCUT2D eigenvalue weighted by molar-refractivity contribution is 8.18. The number of carbonyl (C=O) groups is 3. The van der Waals surface area contributed by atoms with Crippen molar-refractivity contribution in [2.45, 2.75) is 11.8 Å². The second-order valence-corrected chi connectivity index (χ2v) is 9.45. The molecule has 1 aliphatic heterocycles. The predicted octanol–water partition coefficient (Wildman–Crippen LogP) is 4.85. The van der Waals surface area contributed by atoms with Gasteiger partial charge in [0.2, 0.25) is 5.91 Å². The number of imide groups is 1. The Balaban J connectivity index is 1.44. The van der Waals surface area contributed by atoms with Crippen molar-refractivity contribution in [3.05, 3.63) is 58.5 Å². The number of benzene rings is 2. The minimum absolute atomic E-state index is 0.282. The van der Waals surface area contributed by atoms with Crippen molar-refractivity contribution in [1.82, 2.24) is 9.88 Å². The fourth-order valence-corrected chi connectivity index (χ4v) is 5.08. The average Bonchev–Trinajstić information content (AvgIpc) is 3.24. The van der Waals surface area contributed by atoms with Crippen LogP contribution in [0.25, 0.3) is 16.3 Å². The largest absolute Gasteiger partial charge is 0.300 e. The van der Waals surface area contributed by atoms with Crippen LogP contribution in [0.5, 0.6) is 0 Å². The summed E-state index contributed by atoms with van der Waals surface area (Å²) in [5.74, 6) is -1.00. The summed E-state index contributed by atoms with van der Waals surface area (Å²) in [6.45, 7) is 1.58. The van der Waals surface area contributed by atoms with Gasteiger partial charge in [-0.1, -0.05) is 41.2 Å². The van der Waals surface area contributed by atoms with E-state index >= 15 is 0 Å². The van der Waals surface area contributed by atoms with Gasteiger partial charge in [0.05, 0.1) is 15.1 Å². The maximum absolute atomic E-state index is 12.6. The molecule has 154 valence electrons. The molecular formula is C21H14N4O3S3.